The summed E-state index contributed by atoms with van der Waals surface area (Å²) in [5.74, 6) is 2.41. The molecule has 1 aliphatic heterocycles. The predicted molar refractivity (Wildman–Crippen MR) is 101 cm³/mol. The summed E-state index contributed by atoms with van der Waals surface area (Å²) in [5.41, 5.74) is 1.95. The summed E-state index contributed by atoms with van der Waals surface area (Å²) in [4.78, 5) is 6.56. The number of imidazole rings is 1. The first-order valence-electron chi connectivity index (χ1n) is 9.28. The van der Waals surface area contributed by atoms with Gasteiger partial charge in [-0.3, -0.25) is 4.90 Å². The molecule has 0 spiro atoms. The molecular weight excluding hydrogens is 338 g/mol. The SMILES string of the molecule is Cn1c(Cn2ccnc2)nnc1[C@H]1CCCN(Cc2ccc(C#N)cc2)C1. The van der Waals surface area contributed by atoms with Crippen LogP contribution < -0.4 is 0 Å². The average molecular weight is 361 g/mol. The maximum Gasteiger partial charge on any atom is 0.152 e. The zero-order chi connectivity index (χ0) is 18.6. The van der Waals surface area contributed by atoms with Gasteiger partial charge in [-0.1, -0.05) is 12.1 Å². The van der Waals surface area contributed by atoms with Gasteiger partial charge in [-0.25, -0.2) is 4.98 Å². The Morgan fingerprint density at radius 2 is 2.04 bits per heavy atom. The molecule has 0 amide bonds. The summed E-state index contributed by atoms with van der Waals surface area (Å²) < 4.78 is 4.14. The highest BCUT2D eigenvalue weighted by molar-refractivity contribution is 5.31. The Bertz CT molecular complexity index is 918. The highest BCUT2D eigenvalue weighted by atomic mass is 15.3. The Hall–Kier alpha value is -2.98. The third-order valence-electron chi connectivity index (χ3n) is 5.24. The van der Waals surface area contributed by atoms with Crippen molar-refractivity contribution in [2.75, 3.05) is 13.1 Å². The van der Waals surface area contributed by atoms with Crippen molar-refractivity contribution in [3.63, 3.8) is 0 Å². The fraction of sp³-hybridized carbons (Fsp3) is 0.400. The third-order valence-corrected chi connectivity index (χ3v) is 5.24. The second-order valence-corrected chi connectivity index (χ2v) is 7.15. The van der Waals surface area contributed by atoms with Crippen molar-refractivity contribution in [3.05, 3.63) is 65.8 Å². The lowest BCUT2D eigenvalue weighted by Gasteiger charge is -2.32. The van der Waals surface area contributed by atoms with E-state index in [9.17, 15) is 0 Å². The van der Waals surface area contributed by atoms with Crippen LogP contribution in [0.5, 0.6) is 0 Å². The Morgan fingerprint density at radius 1 is 1.19 bits per heavy atom. The van der Waals surface area contributed by atoms with Crippen molar-refractivity contribution in [1.29, 1.82) is 5.26 Å². The molecule has 7 nitrogen and oxygen atoms in total. The van der Waals surface area contributed by atoms with Crippen LogP contribution in [0.2, 0.25) is 0 Å². The quantitative estimate of drug-likeness (QED) is 0.697. The van der Waals surface area contributed by atoms with Crippen LogP contribution in [-0.2, 0) is 20.1 Å². The number of benzene rings is 1. The maximum absolute atomic E-state index is 8.94. The molecule has 1 atom stereocenters. The van der Waals surface area contributed by atoms with E-state index >= 15 is 0 Å². The molecule has 4 rings (SSSR count). The van der Waals surface area contributed by atoms with Gasteiger partial charge >= 0.3 is 0 Å². The van der Waals surface area contributed by atoms with Crippen LogP contribution in [0.25, 0.3) is 0 Å². The van der Waals surface area contributed by atoms with Gasteiger partial charge in [0.15, 0.2) is 5.82 Å². The van der Waals surface area contributed by atoms with E-state index in [0.717, 1.165) is 44.1 Å². The number of nitriles is 1. The molecule has 0 unspecified atom stereocenters. The molecule has 3 heterocycles. The Labute approximate surface area is 158 Å². The van der Waals surface area contributed by atoms with Crippen molar-refractivity contribution in [1.82, 2.24) is 29.2 Å². The second-order valence-electron chi connectivity index (χ2n) is 7.15. The summed E-state index contributed by atoms with van der Waals surface area (Å²) in [7, 11) is 2.06. The summed E-state index contributed by atoms with van der Waals surface area (Å²) in [6.45, 7) is 3.67. The van der Waals surface area contributed by atoms with E-state index in [1.54, 1.807) is 12.5 Å². The van der Waals surface area contributed by atoms with Crippen molar-refractivity contribution < 1.29 is 0 Å². The largest absolute Gasteiger partial charge is 0.330 e. The van der Waals surface area contributed by atoms with Crippen LogP contribution in [-0.4, -0.2) is 42.3 Å². The van der Waals surface area contributed by atoms with Gasteiger partial charge in [0.25, 0.3) is 0 Å². The van der Waals surface area contributed by atoms with E-state index in [1.165, 1.54) is 5.56 Å². The summed E-state index contributed by atoms with van der Waals surface area (Å²) in [5, 5.41) is 17.8. The van der Waals surface area contributed by atoms with Crippen LogP contribution in [0.1, 0.15) is 41.5 Å². The summed E-state index contributed by atoms with van der Waals surface area (Å²) in [6, 6.07) is 10.1. The average Bonchev–Trinajstić information content (AvgIpc) is 3.33. The Kier molecular flexibility index (Phi) is 4.99. The van der Waals surface area contributed by atoms with Gasteiger partial charge in [0.05, 0.1) is 24.5 Å². The van der Waals surface area contributed by atoms with E-state index in [1.807, 2.05) is 35.0 Å². The molecule has 0 bridgehead atoms. The smallest absolute Gasteiger partial charge is 0.152 e. The molecule has 7 heteroatoms. The van der Waals surface area contributed by atoms with Crippen LogP contribution in [0.3, 0.4) is 0 Å². The molecule has 0 N–H and O–H groups in total. The van der Waals surface area contributed by atoms with Crippen molar-refractivity contribution in [3.8, 4) is 6.07 Å². The number of hydrogen-bond acceptors (Lipinski definition) is 5. The number of aromatic nitrogens is 5. The van der Waals surface area contributed by atoms with Crippen LogP contribution in [0.4, 0.5) is 0 Å². The molecule has 0 radical (unpaired) electrons. The minimum atomic E-state index is 0.395. The molecule has 3 aromatic rings. The lowest BCUT2D eigenvalue weighted by atomic mass is 9.96. The second kappa shape index (κ2) is 7.72. The molecule has 0 aliphatic carbocycles. The van der Waals surface area contributed by atoms with Gasteiger partial charge in [-0.05, 0) is 37.1 Å². The topological polar surface area (TPSA) is 75.6 Å². The summed E-state index contributed by atoms with van der Waals surface area (Å²) in [6.07, 6.45) is 7.81. The van der Waals surface area contributed by atoms with E-state index in [-0.39, 0.29) is 0 Å². The van der Waals surface area contributed by atoms with Gasteiger partial charge in [0.1, 0.15) is 5.82 Å². The molecule has 138 valence electrons. The fourth-order valence-electron chi connectivity index (χ4n) is 3.76. The first kappa shape index (κ1) is 17.4. The van der Waals surface area contributed by atoms with Gasteiger partial charge in [-0.15, -0.1) is 10.2 Å². The van der Waals surface area contributed by atoms with Crippen LogP contribution in [0.15, 0.2) is 43.0 Å². The number of nitrogens with zero attached hydrogens (tertiary/aromatic N) is 7. The third kappa shape index (κ3) is 3.91. The number of piperidine rings is 1. The minimum absolute atomic E-state index is 0.395. The molecule has 27 heavy (non-hydrogen) atoms. The zero-order valence-corrected chi connectivity index (χ0v) is 15.5. The monoisotopic (exact) mass is 361 g/mol. The predicted octanol–water partition coefficient (Wildman–Crippen LogP) is 2.31. The van der Waals surface area contributed by atoms with Gasteiger partial charge < -0.3 is 9.13 Å². The van der Waals surface area contributed by atoms with Gasteiger partial charge in [-0.2, -0.15) is 5.26 Å². The van der Waals surface area contributed by atoms with E-state index in [0.29, 0.717) is 18.0 Å². The number of hydrogen-bond donors (Lipinski definition) is 0. The standard InChI is InChI=1S/C20H23N7/c1-25-19(14-27-10-8-22-15-27)23-24-20(25)18-3-2-9-26(13-18)12-17-6-4-16(11-21)5-7-17/h4-8,10,15,18H,2-3,9,12-14H2,1H3/t18-/m0/s1. The van der Waals surface area contributed by atoms with Crippen molar-refractivity contribution in [2.45, 2.75) is 31.8 Å². The molecule has 0 saturated carbocycles. The van der Waals surface area contributed by atoms with E-state index < -0.39 is 0 Å². The van der Waals surface area contributed by atoms with Gasteiger partial charge in [0.2, 0.25) is 0 Å². The summed E-state index contributed by atoms with van der Waals surface area (Å²) >= 11 is 0. The molecule has 1 saturated heterocycles. The zero-order valence-electron chi connectivity index (χ0n) is 15.5. The van der Waals surface area contributed by atoms with Crippen molar-refractivity contribution in [2.24, 2.45) is 7.05 Å². The first-order chi connectivity index (χ1) is 13.2. The Balaban J connectivity index is 1.43. The fourth-order valence-corrected chi connectivity index (χ4v) is 3.76. The number of likely N-dealkylation sites (tertiary alicyclic amines) is 1. The molecule has 1 aliphatic rings. The van der Waals surface area contributed by atoms with Crippen molar-refractivity contribution >= 4 is 0 Å². The number of rotatable bonds is 5. The minimum Gasteiger partial charge on any atom is -0.330 e. The van der Waals surface area contributed by atoms with Crippen LogP contribution in [0, 0.1) is 11.3 Å². The lowest BCUT2D eigenvalue weighted by Crippen LogP contribution is -2.34. The maximum atomic E-state index is 8.94. The highest BCUT2D eigenvalue weighted by Crippen LogP contribution is 2.27. The lowest BCUT2D eigenvalue weighted by molar-refractivity contribution is 0.195. The van der Waals surface area contributed by atoms with Gasteiger partial charge in [0, 0.05) is 38.4 Å². The molecule has 1 aromatic carbocycles. The highest BCUT2D eigenvalue weighted by Gasteiger charge is 2.26. The van der Waals surface area contributed by atoms with Crippen LogP contribution >= 0.6 is 0 Å². The normalized spacial score (nSPS) is 17.7. The Morgan fingerprint density at radius 3 is 2.78 bits per heavy atom. The van der Waals surface area contributed by atoms with E-state index in [2.05, 4.69) is 37.8 Å². The van der Waals surface area contributed by atoms with E-state index in [4.69, 9.17) is 5.26 Å². The first-order valence-corrected chi connectivity index (χ1v) is 9.28. The molecule has 2 aromatic heterocycles. The molecular formula is C20H23N7. The molecule has 1 fully saturated rings.